The minimum Gasteiger partial charge on any atom is -0.614 e. The third-order valence-electron chi connectivity index (χ3n) is 1.60. The van der Waals surface area contributed by atoms with Gasteiger partial charge in [0.2, 0.25) is 0 Å². The highest BCUT2D eigenvalue weighted by Crippen LogP contribution is 2.21. The van der Waals surface area contributed by atoms with Crippen LogP contribution in [0.4, 0.5) is 5.82 Å². The maximum absolute atomic E-state index is 11.2. The predicted octanol–water partition coefficient (Wildman–Crippen LogP) is 0.545. The van der Waals surface area contributed by atoms with Gasteiger partial charge < -0.3 is 9.94 Å². The number of pyridine rings is 1. The summed E-state index contributed by atoms with van der Waals surface area (Å²) in [6.45, 7) is 1.49. The van der Waals surface area contributed by atoms with Crippen molar-refractivity contribution in [2.24, 2.45) is 0 Å². The molecule has 70 valence electrons. The van der Waals surface area contributed by atoms with Crippen LogP contribution in [0.5, 0.6) is 5.75 Å². The number of aromatic nitrogens is 1. The van der Waals surface area contributed by atoms with E-state index in [4.69, 9.17) is 0 Å². The van der Waals surface area contributed by atoms with Crippen molar-refractivity contribution < 1.29 is 14.4 Å². The van der Waals surface area contributed by atoms with Gasteiger partial charge in [0, 0.05) is 19.1 Å². The van der Waals surface area contributed by atoms with Crippen molar-refractivity contribution in [1.82, 2.24) is 0 Å². The first-order valence-electron chi connectivity index (χ1n) is 3.49. The van der Waals surface area contributed by atoms with Crippen LogP contribution in [-0.4, -0.2) is 12.0 Å². The molecule has 0 radical (unpaired) electrons. The summed E-state index contributed by atoms with van der Waals surface area (Å²) >= 11 is 0. The number of ether oxygens (including phenoxy) is 1. The molecule has 0 fully saturated rings. The molecule has 0 aliphatic rings. The first kappa shape index (κ1) is 9.24. The second kappa shape index (κ2) is 3.26. The highest BCUT2D eigenvalue weighted by molar-refractivity contribution is 5.35. The molecular weight excluding hydrogens is 176 g/mol. The average Bonchev–Trinajstić information content (AvgIpc) is 2.08. The summed E-state index contributed by atoms with van der Waals surface area (Å²) in [6, 6.07) is 2.85. The topological polar surface area (TPSA) is 79.3 Å². The van der Waals surface area contributed by atoms with Gasteiger partial charge in [0.1, 0.15) is 4.92 Å². The SMILES string of the molecule is COc1ccc(C)[n+]([O-])c1[N+](=O)[O-]. The van der Waals surface area contributed by atoms with Gasteiger partial charge in [-0.3, -0.25) is 10.1 Å². The summed E-state index contributed by atoms with van der Waals surface area (Å²) in [5.41, 5.74) is 0.257. The van der Waals surface area contributed by atoms with E-state index in [0.29, 0.717) is 0 Å². The van der Waals surface area contributed by atoms with Crippen LogP contribution in [0.3, 0.4) is 0 Å². The van der Waals surface area contributed by atoms with Crippen LogP contribution < -0.4 is 9.47 Å². The maximum Gasteiger partial charge on any atom is 0.555 e. The number of aryl methyl sites for hydroxylation is 1. The molecule has 0 bridgehead atoms. The van der Waals surface area contributed by atoms with Crippen molar-refractivity contribution in [2.75, 3.05) is 7.11 Å². The first-order valence-corrected chi connectivity index (χ1v) is 3.49. The Labute approximate surface area is 74.1 Å². The number of rotatable bonds is 2. The van der Waals surface area contributed by atoms with Gasteiger partial charge >= 0.3 is 5.82 Å². The van der Waals surface area contributed by atoms with Crippen LogP contribution in [0.25, 0.3) is 0 Å². The molecule has 6 heteroatoms. The van der Waals surface area contributed by atoms with Crippen molar-refractivity contribution in [3.63, 3.8) is 0 Å². The Kier molecular flexibility index (Phi) is 2.32. The van der Waals surface area contributed by atoms with Gasteiger partial charge in [-0.25, -0.2) is 0 Å². The Morgan fingerprint density at radius 2 is 2.15 bits per heavy atom. The van der Waals surface area contributed by atoms with Crippen molar-refractivity contribution in [3.8, 4) is 5.75 Å². The van der Waals surface area contributed by atoms with E-state index in [9.17, 15) is 15.3 Å². The van der Waals surface area contributed by atoms with E-state index in [-0.39, 0.29) is 16.2 Å². The highest BCUT2D eigenvalue weighted by atomic mass is 16.6. The molecule has 6 nitrogen and oxygen atoms in total. The van der Waals surface area contributed by atoms with Crippen LogP contribution in [0, 0.1) is 22.2 Å². The van der Waals surface area contributed by atoms with Crippen LogP contribution in [0.2, 0.25) is 0 Å². The zero-order valence-electron chi connectivity index (χ0n) is 7.18. The summed E-state index contributed by atoms with van der Waals surface area (Å²) < 4.78 is 4.91. The van der Waals surface area contributed by atoms with Gasteiger partial charge in [-0.05, 0) is 0 Å². The summed E-state index contributed by atoms with van der Waals surface area (Å²) in [6.07, 6.45) is 0. The standard InChI is InChI=1S/C7H8N2O4/c1-5-3-4-6(13-2)7(8(5)10)9(11)12/h3-4H,1-2H3. The molecule has 0 N–H and O–H groups in total. The largest absolute Gasteiger partial charge is 0.614 e. The molecule has 1 aromatic rings. The molecule has 1 aromatic heterocycles. The molecule has 0 atom stereocenters. The van der Waals surface area contributed by atoms with Crippen LogP contribution in [0.1, 0.15) is 5.69 Å². The second-order valence-corrected chi connectivity index (χ2v) is 2.42. The Balaban J connectivity index is 3.41. The number of hydrogen-bond donors (Lipinski definition) is 0. The van der Waals surface area contributed by atoms with E-state index in [1.165, 1.54) is 26.2 Å². The van der Waals surface area contributed by atoms with Crippen molar-refractivity contribution >= 4 is 5.82 Å². The molecule has 0 saturated heterocycles. The quantitative estimate of drug-likeness (QED) is 0.291. The fourth-order valence-corrected chi connectivity index (χ4v) is 0.929. The Bertz CT molecular complexity index is 351. The van der Waals surface area contributed by atoms with Crippen LogP contribution >= 0.6 is 0 Å². The molecule has 1 heterocycles. The molecule has 0 aromatic carbocycles. The molecule has 0 spiro atoms. The fourth-order valence-electron chi connectivity index (χ4n) is 0.929. The lowest BCUT2D eigenvalue weighted by atomic mass is 10.3. The lowest BCUT2D eigenvalue weighted by Crippen LogP contribution is -2.33. The van der Waals surface area contributed by atoms with Gasteiger partial charge in [0.05, 0.1) is 7.11 Å². The number of nitro groups is 1. The molecule has 1 rings (SSSR count). The summed E-state index contributed by atoms with van der Waals surface area (Å²) in [5, 5.41) is 21.6. The number of hydrogen-bond acceptors (Lipinski definition) is 4. The molecule has 0 amide bonds. The minimum absolute atomic E-state index is 0.0365. The average molecular weight is 184 g/mol. The van der Waals surface area contributed by atoms with Gasteiger partial charge in [0.15, 0.2) is 5.69 Å². The van der Waals surface area contributed by atoms with E-state index in [1.807, 2.05) is 0 Å². The first-order chi connectivity index (χ1) is 6.07. The second-order valence-electron chi connectivity index (χ2n) is 2.42. The molecular formula is C7H8N2O4. The van der Waals surface area contributed by atoms with Gasteiger partial charge in [-0.15, -0.1) is 4.73 Å². The molecule has 0 saturated carbocycles. The van der Waals surface area contributed by atoms with Crippen LogP contribution in [-0.2, 0) is 0 Å². The van der Waals surface area contributed by atoms with Crippen molar-refractivity contribution in [3.05, 3.63) is 33.1 Å². The predicted molar refractivity (Wildman–Crippen MR) is 43.3 cm³/mol. The Morgan fingerprint density at radius 3 is 2.62 bits per heavy atom. The molecule has 0 aliphatic heterocycles. The van der Waals surface area contributed by atoms with E-state index in [1.54, 1.807) is 0 Å². The van der Waals surface area contributed by atoms with Gasteiger partial charge in [0.25, 0.3) is 5.75 Å². The van der Waals surface area contributed by atoms with E-state index < -0.39 is 10.7 Å². The molecule has 0 unspecified atom stereocenters. The van der Waals surface area contributed by atoms with E-state index >= 15 is 0 Å². The lowest BCUT2D eigenvalue weighted by Gasteiger charge is -2.03. The zero-order chi connectivity index (χ0) is 10.0. The third-order valence-corrected chi connectivity index (χ3v) is 1.60. The lowest BCUT2D eigenvalue weighted by molar-refractivity contribution is -0.670. The van der Waals surface area contributed by atoms with Crippen LogP contribution in [0.15, 0.2) is 12.1 Å². The van der Waals surface area contributed by atoms with Gasteiger partial charge in [-0.1, -0.05) is 0 Å². The maximum atomic E-state index is 11.2. The Hall–Kier alpha value is -1.85. The van der Waals surface area contributed by atoms with Gasteiger partial charge in [-0.2, -0.15) is 0 Å². The van der Waals surface area contributed by atoms with E-state index in [0.717, 1.165) is 0 Å². The normalized spacial score (nSPS) is 9.69. The van der Waals surface area contributed by atoms with Crippen molar-refractivity contribution in [1.29, 1.82) is 0 Å². The number of methoxy groups -OCH3 is 1. The minimum atomic E-state index is -0.765. The summed E-state index contributed by atoms with van der Waals surface area (Å²) in [4.78, 5) is 9.69. The number of nitrogens with zero attached hydrogens (tertiary/aromatic N) is 2. The smallest absolute Gasteiger partial charge is 0.555 e. The fraction of sp³-hybridized carbons (Fsp3) is 0.286. The zero-order valence-corrected chi connectivity index (χ0v) is 7.18. The summed E-state index contributed by atoms with van der Waals surface area (Å²) in [5.74, 6) is -0.617. The third kappa shape index (κ3) is 1.51. The molecule has 13 heavy (non-hydrogen) atoms. The molecule has 0 aliphatic carbocycles. The summed E-state index contributed by atoms with van der Waals surface area (Å²) in [7, 11) is 1.28. The van der Waals surface area contributed by atoms with E-state index in [2.05, 4.69) is 4.74 Å². The highest BCUT2D eigenvalue weighted by Gasteiger charge is 2.27. The monoisotopic (exact) mass is 184 g/mol. The Morgan fingerprint density at radius 1 is 1.54 bits per heavy atom. The van der Waals surface area contributed by atoms with Crippen molar-refractivity contribution in [2.45, 2.75) is 6.92 Å².